The van der Waals surface area contributed by atoms with Crippen molar-refractivity contribution in [3.8, 4) is 78.7 Å². The van der Waals surface area contributed by atoms with Gasteiger partial charge in [-0.15, -0.1) is 0 Å². The Hall–Kier alpha value is -8.53. The van der Waals surface area contributed by atoms with Gasteiger partial charge >= 0.3 is 0 Å². The topological polar surface area (TPSA) is 38.7 Å². The summed E-state index contributed by atoms with van der Waals surface area (Å²) in [6.45, 7) is 16.5. The van der Waals surface area contributed by atoms with Crippen LogP contribution in [0.2, 0.25) is 0 Å². The van der Waals surface area contributed by atoms with Crippen molar-refractivity contribution in [2.75, 3.05) is 0 Å². The van der Waals surface area contributed by atoms with Crippen LogP contribution in [0.5, 0.6) is 0 Å². The van der Waals surface area contributed by atoms with E-state index in [0.29, 0.717) is 17.5 Å². The standard InChI is InChI=1S/C62H43N3/c1-5-20-41(7-3)46-33-45(40(4)6-2)34-49(36-46)60-63-59(64-61(65-60)50-37-47(42-21-10-8-11-22-42)35-48(38-50)43-23-12-9-13-24-43)44-31-32-54-53-27-16-19-30-57(53)62(58(54)39-44)55-28-17-14-25-51(55)52-26-15-18-29-56(52)62/h5-39H,1-4H2/b41-20+. The molecule has 8 aromatic carbocycles. The molecule has 1 aromatic heterocycles. The molecule has 0 amide bonds. The molecule has 0 radical (unpaired) electrons. The second-order valence-electron chi connectivity index (χ2n) is 16.6. The Morgan fingerprint density at radius 1 is 0.369 bits per heavy atom. The van der Waals surface area contributed by atoms with Crippen LogP contribution >= 0.6 is 0 Å². The number of fused-ring (bicyclic) bond motifs is 10. The minimum absolute atomic E-state index is 0.519. The molecule has 2 aliphatic rings. The van der Waals surface area contributed by atoms with E-state index >= 15 is 0 Å². The predicted molar refractivity (Wildman–Crippen MR) is 271 cm³/mol. The maximum atomic E-state index is 5.43. The van der Waals surface area contributed by atoms with Crippen LogP contribution < -0.4 is 0 Å². The van der Waals surface area contributed by atoms with Gasteiger partial charge in [-0.25, -0.2) is 15.0 Å². The van der Waals surface area contributed by atoms with Gasteiger partial charge in [-0.05, 0) is 131 Å². The van der Waals surface area contributed by atoms with Gasteiger partial charge in [0, 0.05) is 16.7 Å². The molecule has 0 saturated heterocycles. The monoisotopic (exact) mass is 829 g/mol. The van der Waals surface area contributed by atoms with Crippen molar-refractivity contribution in [1.29, 1.82) is 0 Å². The van der Waals surface area contributed by atoms with E-state index < -0.39 is 5.41 Å². The number of hydrogen-bond acceptors (Lipinski definition) is 3. The van der Waals surface area contributed by atoms with Gasteiger partial charge in [-0.1, -0.05) is 196 Å². The first-order valence-electron chi connectivity index (χ1n) is 21.9. The van der Waals surface area contributed by atoms with E-state index in [-0.39, 0.29) is 0 Å². The summed E-state index contributed by atoms with van der Waals surface area (Å²) in [7, 11) is 0. The maximum Gasteiger partial charge on any atom is 0.164 e. The highest BCUT2D eigenvalue weighted by atomic mass is 15.0. The highest BCUT2D eigenvalue weighted by molar-refractivity contribution is 5.96. The smallest absolute Gasteiger partial charge is 0.164 e. The minimum Gasteiger partial charge on any atom is -0.208 e. The molecule has 0 N–H and O–H groups in total. The summed E-state index contributed by atoms with van der Waals surface area (Å²) in [5, 5.41) is 0. The van der Waals surface area contributed by atoms with Crippen molar-refractivity contribution < 1.29 is 0 Å². The zero-order valence-electron chi connectivity index (χ0n) is 35.9. The van der Waals surface area contributed by atoms with Crippen molar-refractivity contribution in [3.05, 3.63) is 272 Å². The molecule has 11 rings (SSSR count). The zero-order valence-corrected chi connectivity index (χ0v) is 35.9. The molecule has 1 spiro atoms. The fourth-order valence-electron chi connectivity index (χ4n) is 9.98. The number of allylic oxidation sites excluding steroid dienone is 6. The lowest BCUT2D eigenvalue weighted by Gasteiger charge is -2.30. The summed E-state index contributed by atoms with van der Waals surface area (Å²) in [6.07, 6.45) is 7.34. The molecule has 0 bridgehead atoms. The normalized spacial score (nSPS) is 12.8. The molecule has 3 nitrogen and oxygen atoms in total. The lowest BCUT2D eigenvalue weighted by atomic mass is 9.70. The van der Waals surface area contributed by atoms with Crippen molar-refractivity contribution in [2.45, 2.75) is 5.41 Å². The van der Waals surface area contributed by atoms with E-state index in [2.05, 4.69) is 202 Å². The Bertz CT molecular complexity index is 3320. The van der Waals surface area contributed by atoms with Crippen LogP contribution in [0.15, 0.2) is 239 Å². The van der Waals surface area contributed by atoms with Gasteiger partial charge in [0.25, 0.3) is 0 Å². The van der Waals surface area contributed by atoms with E-state index in [9.17, 15) is 0 Å². The summed E-state index contributed by atoms with van der Waals surface area (Å²) in [5.74, 6) is 1.67. The first-order chi connectivity index (χ1) is 32.0. The van der Waals surface area contributed by atoms with Gasteiger partial charge in [0.1, 0.15) is 0 Å². The molecule has 3 heteroatoms. The SMILES string of the molecule is C=C/C=C(\C=C)c1cc(C(=C)C=C)cc(-c2nc(-c3cc(-c4ccccc4)cc(-c4ccccc4)c3)nc(-c3ccc4c(c3)C3(c5ccccc5-c5ccccc53)c3ccccc3-4)n2)c1. The zero-order chi connectivity index (χ0) is 44.1. The van der Waals surface area contributed by atoms with E-state index in [0.717, 1.165) is 61.2 Å². The maximum absolute atomic E-state index is 5.43. The van der Waals surface area contributed by atoms with E-state index in [4.69, 9.17) is 15.0 Å². The third-order valence-corrected chi connectivity index (χ3v) is 13.0. The van der Waals surface area contributed by atoms with Crippen molar-refractivity contribution in [3.63, 3.8) is 0 Å². The van der Waals surface area contributed by atoms with Crippen LogP contribution in [0.3, 0.4) is 0 Å². The molecular weight excluding hydrogens is 787 g/mol. The molecule has 9 aromatic rings. The van der Waals surface area contributed by atoms with E-state index in [1.54, 1.807) is 12.2 Å². The molecule has 0 saturated carbocycles. The van der Waals surface area contributed by atoms with Crippen LogP contribution in [0, 0.1) is 0 Å². The second-order valence-corrected chi connectivity index (χ2v) is 16.6. The summed E-state index contributed by atoms with van der Waals surface area (Å²) < 4.78 is 0. The second kappa shape index (κ2) is 16.0. The third-order valence-electron chi connectivity index (χ3n) is 13.0. The first-order valence-corrected chi connectivity index (χ1v) is 21.9. The van der Waals surface area contributed by atoms with Gasteiger partial charge in [0.2, 0.25) is 0 Å². The number of aromatic nitrogens is 3. The van der Waals surface area contributed by atoms with Gasteiger partial charge < -0.3 is 0 Å². The van der Waals surface area contributed by atoms with Crippen LogP contribution in [0.25, 0.3) is 89.8 Å². The van der Waals surface area contributed by atoms with Gasteiger partial charge in [0.15, 0.2) is 17.5 Å². The largest absolute Gasteiger partial charge is 0.208 e. The first kappa shape index (κ1) is 39.3. The lowest BCUT2D eigenvalue weighted by Crippen LogP contribution is -2.25. The Labute approximate surface area is 380 Å². The van der Waals surface area contributed by atoms with Crippen LogP contribution in [-0.2, 0) is 5.41 Å². The van der Waals surface area contributed by atoms with Crippen molar-refractivity contribution >= 4 is 11.1 Å². The Kier molecular flexibility index (Phi) is 9.67. The predicted octanol–water partition coefficient (Wildman–Crippen LogP) is 15.5. The summed E-state index contributed by atoms with van der Waals surface area (Å²) in [4.78, 5) is 16.2. The Morgan fingerprint density at radius 2 is 0.815 bits per heavy atom. The molecule has 0 aliphatic heterocycles. The van der Waals surface area contributed by atoms with Crippen LogP contribution in [-0.4, -0.2) is 15.0 Å². The molecule has 0 fully saturated rings. The fourth-order valence-corrected chi connectivity index (χ4v) is 9.98. The Morgan fingerprint density at radius 3 is 1.32 bits per heavy atom. The number of nitrogens with zero attached hydrogens (tertiary/aromatic N) is 3. The Balaban J connectivity index is 1.19. The molecule has 0 unspecified atom stereocenters. The molecular formula is C62H43N3. The minimum atomic E-state index is -0.519. The van der Waals surface area contributed by atoms with Crippen molar-refractivity contribution in [2.24, 2.45) is 0 Å². The van der Waals surface area contributed by atoms with E-state index in [1.165, 1.54) is 44.5 Å². The number of benzene rings is 8. The van der Waals surface area contributed by atoms with Crippen LogP contribution in [0.1, 0.15) is 33.4 Å². The van der Waals surface area contributed by atoms with E-state index in [1.807, 2.05) is 24.3 Å². The average Bonchev–Trinajstić information content (AvgIpc) is 3.85. The summed E-state index contributed by atoms with van der Waals surface area (Å²) in [6, 6.07) is 67.2. The molecule has 2 aliphatic carbocycles. The van der Waals surface area contributed by atoms with Crippen LogP contribution in [0.4, 0.5) is 0 Å². The molecule has 65 heavy (non-hydrogen) atoms. The lowest BCUT2D eigenvalue weighted by molar-refractivity contribution is 0.794. The molecule has 1 heterocycles. The quantitative estimate of drug-likeness (QED) is 0.129. The van der Waals surface area contributed by atoms with Gasteiger partial charge in [-0.3, -0.25) is 0 Å². The van der Waals surface area contributed by atoms with Crippen molar-refractivity contribution in [1.82, 2.24) is 15.0 Å². The highest BCUT2D eigenvalue weighted by Crippen LogP contribution is 2.63. The van der Waals surface area contributed by atoms with Gasteiger partial charge in [0.05, 0.1) is 5.41 Å². The number of rotatable bonds is 10. The third kappa shape index (κ3) is 6.48. The van der Waals surface area contributed by atoms with Gasteiger partial charge in [-0.2, -0.15) is 0 Å². The summed E-state index contributed by atoms with van der Waals surface area (Å²) >= 11 is 0. The highest BCUT2D eigenvalue weighted by Gasteiger charge is 2.51. The number of hydrogen-bond donors (Lipinski definition) is 0. The summed E-state index contributed by atoms with van der Waals surface area (Å²) in [5.41, 5.74) is 20.0. The average molecular weight is 830 g/mol. The molecule has 0 atom stereocenters. The fraction of sp³-hybridized carbons (Fsp3) is 0.0161. The molecule has 306 valence electrons.